The number of hydrogen-bond acceptors (Lipinski definition) is 3. The Hall–Kier alpha value is -1.39. The van der Waals surface area contributed by atoms with Crippen molar-refractivity contribution in [2.24, 2.45) is 0 Å². The van der Waals surface area contributed by atoms with Gasteiger partial charge in [0.1, 0.15) is 12.4 Å². The SMILES string of the molecule is CCNCc1cc(OCc2cccc(C)n2)ccc1Br. The number of benzene rings is 1. The Kier molecular flexibility index (Phi) is 5.56. The zero-order valence-corrected chi connectivity index (χ0v) is 13.4. The average molecular weight is 335 g/mol. The van der Waals surface area contributed by atoms with Crippen molar-refractivity contribution in [3.05, 3.63) is 57.8 Å². The van der Waals surface area contributed by atoms with Crippen LogP contribution in [0.25, 0.3) is 0 Å². The molecule has 3 nitrogen and oxygen atoms in total. The van der Waals surface area contributed by atoms with Crippen LogP contribution < -0.4 is 10.1 Å². The lowest BCUT2D eigenvalue weighted by Crippen LogP contribution is -2.12. The second-order valence-electron chi connectivity index (χ2n) is 4.59. The summed E-state index contributed by atoms with van der Waals surface area (Å²) in [7, 11) is 0. The van der Waals surface area contributed by atoms with E-state index < -0.39 is 0 Å². The average Bonchev–Trinajstić information content (AvgIpc) is 2.45. The van der Waals surface area contributed by atoms with Gasteiger partial charge in [0.25, 0.3) is 0 Å². The zero-order chi connectivity index (χ0) is 14.4. The summed E-state index contributed by atoms with van der Waals surface area (Å²) in [6.45, 7) is 6.35. The highest BCUT2D eigenvalue weighted by molar-refractivity contribution is 9.10. The predicted molar refractivity (Wildman–Crippen MR) is 84.8 cm³/mol. The minimum Gasteiger partial charge on any atom is -0.487 e. The second-order valence-corrected chi connectivity index (χ2v) is 5.45. The van der Waals surface area contributed by atoms with Gasteiger partial charge >= 0.3 is 0 Å². The number of rotatable bonds is 6. The van der Waals surface area contributed by atoms with Crippen molar-refractivity contribution in [2.45, 2.75) is 27.0 Å². The number of halogens is 1. The number of hydrogen-bond donors (Lipinski definition) is 1. The molecule has 0 aliphatic rings. The number of ether oxygens (including phenoxy) is 1. The first-order chi connectivity index (χ1) is 9.69. The second kappa shape index (κ2) is 7.41. The monoisotopic (exact) mass is 334 g/mol. The van der Waals surface area contributed by atoms with Crippen LogP contribution in [-0.2, 0) is 13.2 Å². The summed E-state index contributed by atoms with van der Waals surface area (Å²) in [6.07, 6.45) is 0. The van der Waals surface area contributed by atoms with Gasteiger partial charge in [-0.3, -0.25) is 4.98 Å². The first-order valence-electron chi connectivity index (χ1n) is 6.73. The van der Waals surface area contributed by atoms with Crippen LogP contribution in [0, 0.1) is 6.92 Å². The Morgan fingerprint density at radius 2 is 2.10 bits per heavy atom. The topological polar surface area (TPSA) is 34.1 Å². The smallest absolute Gasteiger partial charge is 0.130 e. The molecule has 1 aromatic heterocycles. The molecule has 0 radical (unpaired) electrons. The molecule has 0 unspecified atom stereocenters. The van der Waals surface area contributed by atoms with Gasteiger partial charge in [0.2, 0.25) is 0 Å². The maximum Gasteiger partial charge on any atom is 0.130 e. The van der Waals surface area contributed by atoms with E-state index in [1.165, 1.54) is 5.56 Å². The lowest BCUT2D eigenvalue weighted by molar-refractivity contribution is 0.300. The largest absolute Gasteiger partial charge is 0.487 e. The molecule has 2 aromatic rings. The number of nitrogens with one attached hydrogen (secondary N) is 1. The molecule has 0 bridgehead atoms. The van der Waals surface area contributed by atoms with Crippen LogP contribution in [0.2, 0.25) is 0 Å². The maximum atomic E-state index is 5.81. The predicted octanol–water partition coefficient (Wildman–Crippen LogP) is 3.84. The molecule has 0 atom stereocenters. The first-order valence-corrected chi connectivity index (χ1v) is 7.53. The minimum atomic E-state index is 0.490. The minimum absolute atomic E-state index is 0.490. The number of aromatic nitrogens is 1. The van der Waals surface area contributed by atoms with Crippen LogP contribution in [-0.4, -0.2) is 11.5 Å². The third-order valence-electron chi connectivity index (χ3n) is 2.92. The fourth-order valence-electron chi connectivity index (χ4n) is 1.87. The zero-order valence-electron chi connectivity index (χ0n) is 11.8. The van der Waals surface area contributed by atoms with Gasteiger partial charge in [-0.15, -0.1) is 0 Å². The van der Waals surface area contributed by atoms with E-state index in [1.54, 1.807) is 0 Å². The summed E-state index contributed by atoms with van der Waals surface area (Å²) in [6, 6.07) is 12.0. The van der Waals surface area contributed by atoms with Crippen LogP contribution >= 0.6 is 15.9 Å². The third-order valence-corrected chi connectivity index (χ3v) is 3.69. The molecule has 0 aliphatic carbocycles. The Morgan fingerprint density at radius 1 is 1.25 bits per heavy atom. The van der Waals surface area contributed by atoms with E-state index in [4.69, 9.17) is 4.74 Å². The molecule has 0 amide bonds. The van der Waals surface area contributed by atoms with Gasteiger partial charge in [0, 0.05) is 16.7 Å². The normalized spacial score (nSPS) is 10.6. The van der Waals surface area contributed by atoms with Crippen LogP contribution in [0.5, 0.6) is 5.75 Å². The van der Waals surface area contributed by atoms with Crippen molar-refractivity contribution in [1.29, 1.82) is 0 Å². The van der Waals surface area contributed by atoms with E-state index in [1.807, 2.05) is 37.3 Å². The molecule has 0 spiro atoms. The lowest BCUT2D eigenvalue weighted by Gasteiger charge is -2.10. The molecular weight excluding hydrogens is 316 g/mol. The van der Waals surface area contributed by atoms with Crippen molar-refractivity contribution < 1.29 is 4.74 Å². The molecule has 20 heavy (non-hydrogen) atoms. The Labute approximate surface area is 128 Å². The molecular formula is C16H19BrN2O. The van der Waals surface area contributed by atoms with E-state index >= 15 is 0 Å². The van der Waals surface area contributed by atoms with Gasteiger partial charge in [0.05, 0.1) is 5.69 Å². The van der Waals surface area contributed by atoms with E-state index in [2.05, 4.69) is 39.2 Å². The molecule has 0 saturated carbocycles. The van der Waals surface area contributed by atoms with Gasteiger partial charge in [-0.25, -0.2) is 0 Å². The molecule has 1 heterocycles. The highest BCUT2D eigenvalue weighted by atomic mass is 79.9. The van der Waals surface area contributed by atoms with Gasteiger partial charge in [-0.2, -0.15) is 0 Å². The van der Waals surface area contributed by atoms with Crippen LogP contribution in [0.1, 0.15) is 23.9 Å². The maximum absolute atomic E-state index is 5.81. The third kappa shape index (κ3) is 4.32. The summed E-state index contributed by atoms with van der Waals surface area (Å²) >= 11 is 3.56. The van der Waals surface area contributed by atoms with Gasteiger partial charge < -0.3 is 10.1 Å². The Bertz CT molecular complexity index is 572. The summed E-state index contributed by atoms with van der Waals surface area (Å²) in [5, 5.41) is 3.32. The van der Waals surface area contributed by atoms with Crippen LogP contribution in [0.3, 0.4) is 0 Å². The van der Waals surface area contributed by atoms with Gasteiger partial charge in [0.15, 0.2) is 0 Å². The number of aryl methyl sites for hydroxylation is 1. The van der Waals surface area contributed by atoms with E-state index in [-0.39, 0.29) is 0 Å². The lowest BCUT2D eigenvalue weighted by atomic mass is 10.2. The quantitative estimate of drug-likeness (QED) is 0.871. The standard InChI is InChI=1S/C16H19BrN2O/c1-3-18-10-13-9-15(7-8-16(13)17)20-11-14-6-4-5-12(2)19-14/h4-9,18H,3,10-11H2,1-2H3. The summed E-state index contributed by atoms with van der Waals surface area (Å²) in [5.41, 5.74) is 3.15. The number of pyridine rings is 1. The fraction of sp³-hybridized carbons (Fsp3) is 0.312. The fourth-order valence-corrected chi connectivity index (χ4v) is 2.26. The van der Waals surface area contributed by atoms with E-state index in [9.17, 15) is 0 Å². The first kappa shape index (κ1) is 15.0. The molecule has 0 fully saturated rings. The van der Waals surface area contributed by atoms with Crippen molar-refractivity contribution in [3.63, 3.8) is 0 Å². The van der Waals surface area contributed by atoms with Gasteiger partial charge in [-0.05, 0) is 49.4 Å². The summed E-state index contributed by atoms with van der Waals surface area (Å²) < 4.78 is 6.91. The van der Waals surface area contributed by atoms with E-state index in [0.717, 1.165) is 34.7 Å². The molecule has 2 rings (SSSR count). The molecule has 0 aliphatic heterocycles. The van der Waals surface area contributed by atoms with Crippen LogP contribution in [0.15, 0.2) is 40.9 Å². The highest BCUT2D eigenvalue weighted by Gasteiger charge is 2.03. The molecule has 106 valence electrons. The summed E-state index contributed by atoms with van der Waals surface area (Å²) in [5.74, 6) is 0.865. The number of nitrogens with zero attached hydrogens (tertiary/aromatic N) is 1. The summed E-state index contributed by atoms with van der Waals surface area (Å²) in [4.78, 5) is 4.43. The molecule has 1 N–H and O–H groups in total. The highest BCUT2D eigenvalue weighted by Crippen LogP contribution is 2.23. The Balaban J connectivity index is 2.02. The van der Waals surface area contributed by atoms with Crippen molar-refractivity contribution in [3.8, 4) is 5.75 Å². The molecule has 0 saturated heterocycles. The van der Waals surface area contributed by atoms with Crippen LogP contribution in [0.4, 0.5) is 0 Å². The van der Waals surface area contributed by atoms with E-state index in [0.29, 0.717) is 6.61 Å². The van der Waals surface area contributed by atoms with Crippen molar-refractivity contribution in [1.82, 2.24) is 10.3 Å². The van der Waals surface area contributed by atoms with Crippen molar-refractivity contribution in [2.75, 3.05) is 6.54 Å². The van der Waals surface area contributed by atoms with Gasteiger partial charge in [-0.1, -0.05) is 28.9 Å². The van der Waals surface area contributed by atoms with Crippen molar-refractivity contribution >= 4 is 15.9 Å². The Morgan fingerprint density at radius 3 is 2.85 bits per heavy atom. The molecule has 1 aromatic carbocycles. The molecule has 4 heteroatoms.